The maximum atomic E-state index is 12.5. The highest BCUT2D eigenvalue weighted by Crippen LogP contribution is 2.27. The Kier molecular flexibility index (Phi) is 4.68. The molecule has 0 aliphatic rings. The van der Waals surface area contributed by atoms with Gasteiger partial charge in [-0.2, -0.15) is 0 Å². The van der Waals surface area contributed by atoms with Crippen molar-refractivity contribution < 1.29 is 13.9 Å². The number of hydrogen-bond donors (Lipinski definition) is 2. The van der Waals surface area contributed by atoms with Gasteiger partial charge in [0.1, 0.15) is 5.82 Å². The molecule has 0 aliphatic heterocycles. The number of rotatable bonds is 4. The van der Waals surface area contributed by atoms with Gasteiger partial charge >= 0.3 is 0 Å². The Balaban J connectivity index is 1.68. The molecule has 0 aliphatic carbocycles. The number of carbonyl (C=O) groups is 1. The predicted molar refractivity (Wildman–Crippen MR) is 117 cm³/mol. The number of fused-ring (bicyclic) bond motifs is 2. The van der Waals surface area contributed by atoms with Crippen LogP contribution in [0, 0.1) is 0 Å². The molecule has 0 unspecified atom stereocenters. The predicted octanol–water partition coefficient (Wildman–Crippen LogP) is 4.23. The molecule has 31 heavy (non-hydrogen) atoms. The molecule has 0 radical (unpaired) electrons. The molecule has 1 amide bonds. The van der Waals surface area contributed by atoms with Crippen LogP contribution in [0.5, 0.6) is 5.75 Å². The number of aromatic nitrogens is 2. The van der Waals surface area contributed by atoms with Gasteiger partial charge in [0.05, 0.1) is 23.7 Å². The molecule has 5 aromatic rings. The Morgan fingerprint density at radius 3 is 2.65 bits per heavy atom. The molecule has 0 fully saturated rings. The lowest BCUT2D eigenvalue weighted by Gasteiger charge is -2.07. The summed E-state index contributed by atoms with van der Waals surface area (Å²) < 4.78 is 11.5. The van der Waals surface area contributed by atoms with Crippen LogP contribution in [-0.4, -0.2) is 23.0 Å². The number of amides is 1. The van der Waals surface area contributed by atoms with Crippen molar-refractivity contribution in [2.24, 2.45) is 5.10 Å². The first-order valence-corrected chi connectivity index (χ1v) is 9.68. The number of imidazole rings is 1. The van der Waals surface area contributed by atoms with Crippen molar-refractivity contribution in [1.29, 1.82) is 0 Å². The molecule has 5 rings (SSSR count). The molecular weight excluding hydrogens is 392 g/mol. The minimum atomic E-state index is -0.341. The van der Waals surface area contributed by atoms with Crippen LogP contribution < -0.4 is 15.7 Å². The molecule has 0 saturated heterocycles. The molecule has 3 aromatic carbocycles. The summed E-state index contributed by atoms with van der Waals surface area (Å²) >= 11 is 0. The number of hydrogen-bond acceptors (Lipinski definition) is 5. The summed E-state index contributed by atoms with van der Waals surface area (Å²) in [6.45, 7) is 0. The van der Waals surface area contributed by atoms with Crippen molar-refractivity contribution >= 4 is 27.9 Å². The highest BCUT2D eigenvalue weighted by Gasteiger charge is 2.14. The van der Waals surface area contributed by atoms with Gasteiger partial charge in [0.2, 0.25) is 5.55 Å². The molecule has 0 bridgehead atoms. The van der Waals surface area contributed by atoms with Crippen molar-refractivity contribution in [2.45, 2.75) is 0 Å². The highest BCUT2D eigenvalue weighted by atomic mass is 16.5. The van der Waals surface area contributed by atoms with Gasteiger partial charge in [-0.05, 0) is 36.4 Å². The fraction of sp³-hybridized carbons (Fsp3) is 0.0417. The summed E-state index contributed by atoms with van der Waals surface area (Å²) in [5.41, 5.74) is 6.13. The lowest BCUT2D eigenvalue weighted by molar-refractivity contribution is 0.0951. The van der Waals surface area contributed by atoms with E-state index in [1.807, 2.05) is 48.5 Å². The molecule has 0 saturated carbocycles. The fourth-order valence-electron chi connectivity index (χ4n) is 3.37. The summed E-state index contributed by atoms with van der Waals surface area (Å²) in [7, 11) is 1.57. The van der Waals surface area contributed by atoms with Gasteiger partial charge in [-0.15, -0.1) is 5.10 Å². The fourth-order valence-corrected chi connectivity index (χ4v) is 3.37. The monoisotopic (exact) mass is 410 g/mol. The summed E-state index contributed by atoms with van der Waals surface area (Å²) in [5.74, 6) is 0.813. The molecule has 152 valence electrons. The van der Waals surface area contributed by atoms with E-state index in [9.17, 15) is 4.79 Å². The molecule has 2 heterocycles. The third-order valence-electron chi connectivity index (χ3n) is 4.90. The van der Waals surface area contributed by atoms with Crippen molar-refractivity contribution in [3.05, 3.63) is 90.0 Å². The minimum absolute atomic E-state index is 0.209. The molecule has 2 N–H and O–H groups in total. The summed E-state index contributed by atoms with van der Waals surface area (Å²) in [6.07, 6.45) is 0. The zero-order valence-corrected chi connectivity index (χ0v) is 16.6. The summed E-state index contributed by atoms with van der Waals surface area (Å²) in [4.78, 5) is 20.4. The van der Waals surface area contributed by atoms with Gasteiger partial charge in [0.15, 0.2) is 11.3 Å². The number of H-pyrrole nitrogens is 1. The van der Waals surface area contributed by atoms with E-state index in [1.165, 1.54) is 0 Å². The smallest absolute Gasteiger partial charge is 0.271 e. The number of para-hydroxylation sites is 3. The minimum Gasteiger partial charge on any atom is -0.493 e. The van der Waals surface area contributed by atoms with Crippen LogP contribution in [0.25, 0.3) is 33.4 Å². The Morgan fingerprint density at radius 1 is 1.03 bits per heavy atom. The van der Waals surface area contributed by atoms with Gasteiger partial charge < -0.3 is 14.1 Å². The van der Waals surface area contributed by atoms with Gasteiger partial charge in [-0.1, -0.05) is 42.5 Å². The van der Waals surface area contributed by atoms with Crippen molar-refractivity contribution in [2.75, 3.05) is 7.11 Å². The maximum absolute atomic E-state index is 12.5. The average Bonchev–Trinajstić information content (AvgIpc) is 3.26. The van der Waals surface area contributed by atoms with Crippen molar-refractivity contribution in [1.82, 2.24) is 15.4 Å². The molecule has 2 aromatic heterocycles. The van der Waals surface area contributed by atoms with E-state index in [0.717, 1.165) is 16.4 Å². The van der Waals surface area contributed by atoms with Crippen molar-refractivity contribution in [3.63, 3.8) is 0 Å². The quantitative estimate of drug-likeness (QED) is 0.434. The second kappa shape index (κ2) is 7.79. The molecular formula is C24H18N4O3. The third-order valence-corrected chi connectivity index (χ3v) is 4.90. The lowest BCUT2D eigenvalue weighted by atomic mass is 10.1. The van der Waals surface area contributed by atoms with Crippen LogP contribution in [0.3, 0.4) is 0 Å². The average molecular weight is 410 g/mol. The van der Waals surface area contributed by atoms with Crippen LogP contribution in [0.15, 0.2) is 88.4 Å². The highest BCUT2D eigenvalue weighted by molar-refractivity contribution is 5.94. The van der Waals surface area contributed by atoms with E-state index in [-0.39, 0.29) is 11.5 Å². The number of aromatic amines is 1. The Labute approximate surface area is 177 Å². The van der Waals surface area contributed by atoms with Crippen molar-refractivity contribution in [3.8, 4) is 17.1 Å². The number of nitrogens with zero attached hydrogens (tertiary/aromatic N) is 2. The molecule has 0 atom stereocenters. The first-order chi connectivity index (χ1) is 15.2. The van der Waals surface area contributed by atoms with E-state index >= 15 is 0 Å². The lowest BCUT2D eigenvalue weighted by Crippen LogP contribution is -2.22. The SMILES string of the molecule is COc1cccc2cc(-c3nc4ccccc4[nH]3)/c(=N/NC(=O)c3ccccc3)oc12. The van der Waals surface area contributed by atoms with Gasteiger partial charge in [-0.3, -0.25) is 4.79 Å². The van der Waals surface area contributed by atoms with E-state index in [4.69, 9.17) is 9.15 Å². The van der Waals surface area contributed by atoms with Gasteiger partial charge in [-0.25, -0.2) is 10.4 Å². The van der Waals surface area contributed by atoms with Crippen LogP contribution in [0.1, 0.15) is 10.4 Å². The molecule has 0 spiro atoms. The zero-order valence-electron chi connectivity index (χ0n) is 16.6. The molecule has 7 nitrogen and oxygen atoms in total. The van der Waals surface area contributed by atoms with Crippen LogP contribution >= 0.6 is 0 Å². The van der Waals surface area contributed by atoms with E-state index < -0.39 is 0 Å². The Hall–Kier alpha value is -4.39. The third kappa shape index (κ3) is 3.53. The number of methoxy groups -OCH3 is 1. The standard InChI is InChI=1S/C24H18N4O3/c1-30-20-13-7-10-16-14-17(22-25-18-11-5-6-12-19(18)26-22)24(31-21(16)20)28-27-23(29)15-8-3-2-4-9-15/h2-14H,1H3,(H,25,26)(H,27,29)/b28-24-. The maximum Gasteiger partial charge on any atom is 0.271 e. The largest absolute Gasteiger partial charge is 0.493 e. The first-order valence-electron chi connectivity index (χ1n) is 9.68. The van der Waals surface area contributed by atoms with E-state index in [0.29, 0.717) is 28.3 Å². The Morgan fingerprint density at radius 2 is 1.84 bits per heavy atom. The summed E-state index contributed by atoms with van der Waals surface area (Å²) in [5, 5.41) is 5.10. The van der Waals surface area contributed by atoms with E-state index in [1.54, 1.807) is 37.4 Å². The van der Waals surface area contributed by atoms with Crippen LogP contribution in [-0.2, 0) is 0 Å². The van der Waals surface area contributed by atoms with Gasteiger partial charge in [0.25, 0.3) is 5.91 Å². The second-order valence-electron chi connectivity index (χ2n) is 6.87. The van der Waals surface area contributed by atoms with Gasteiger partial charge in [0, 0.05) is 10.9 Å². The van der Waals surface area contributed by atoms with Crippen LogP contribution in [0.4, 0.5) is 0 Å². The molecule has 7 heteroatoms. The number of nitrogens with one attached hydrogen (secondary N) is 2. The number of carbonyl (C=O) groups excluding carboxylic acids is 1. The number of ether oxygens (including phenoxy) is 1. The number of benzene rings is 3. The van der Waals surface area contributed by atoms with E-state index in [2.05, 4.69) is 20.5 Å². The zero-order chi connectivity index (χ0) is 21.2. The second-order valence-corrected chi connectivity index (χ2v) is 6.87. The topological polar surface area (TPSA) is 92.5 Å². The van der Waals surface area contributed by atoms with Crippen LogP contribution in [0.2, 0.25) is 0 Å². The first kappa shape index (κ1) is 18.6. The normalized spacial score (nSPS) is 11.7. The summed E-state index contributed by atoms with van der Waals surface area (Å²) in [6, 6.07) is 24.1. The Bertz CT molecular complexity index is 1440.